The molecule has 24 heavy (non-hydrogen) atoms. The number of amides is 1. The summed E-state index contributed by atoms with van der Waals surface area (Å²) in [7, 11) is 3.05. The van der Waals surface area contributed by atoms with Gasteiger partial charge in [-0.1, -0.05) is 19.1 Å². The predicted molar refractivity (Wildman–Crippen MR) is 89.3 cm³/mol. The number of anilines is 1. The molecule has 6 heteroatoms. The van der Waals surface area contributed by atoms with Crippen LogP contribution in [0.4, 0.5) is 10.1 Å². The number of halogens is 1. The minimum Gasteiger partial charge on any atom is -0.493 e. The van der Waals surface area contributed by atoms with Crippen molar-refractivity contribution in [3.63, 3.8) is 0 Å². The molecule has 2 aromatic carbocycles. The van der Waals surface area contributed by atoms with E-state index in [0.29, 0.717) is 23.6 Å². The second-order valence-corrected chi connectivity index (χ2v) is 5.00. The van der Waals surface area contributed by atoms with Crippen LogP contribution in [0.3, 0.4) is 0 Å². The third-order valence-corrected chi connectivity index (χ3v) is 3.42. The topological polar surface area (TPSA) is 56.8 Å². The molecule has 1 amide bonds. The van der Waals surface area contributed by atoms with Crippen molar-refractivity contribution in [2.24, 2.45) is 0 Å². The second kappa shape index (κ2) is 8.19. The van der Waals surface area contributed by atoms with Crippen molar-refractivity contribution < 1.29 is 23.4 Å². The van der Waals surface area contributed by atoms with Gasteiger partial charge in [-0.3, -0.25) is 4.79 Å². The molecule has 0 unspecified atom stereocenters. The van der Waals surface area contributed by atoms with Gasteiger partial charge in [0.15, 0.2) is 29.2 Å². The number of carbonyl (C=O) groups is 1. The summed E-state index contributed by atoms with van der Waals surface area (Å²) >= 11 is 0. The number of nitrogens with one attached hydrogen (secondary N) is 1. The van der Waals surface area contributed by atoms with Crippen LogP contribution >= 0.6 is 0 Å². The van der Waals surface area contributed by atoms with Gasteiger partial charge in [-0.15, -0.1) is 0 Å². The third kappa shape index (κ3) is 4.16. The lowest BCUT2D eigenvalue weighted by Gasteiger charge is -2.18. The lowest BCUT2D eigenvalue weighted by atomic mass is 10.2. The Hall–Kier alpha value is -2.76. The van der Waals surface area contributed by atoms with Crippen molar-refractivity contribution in [1.29, 1.82) is 0 Å². The van der Waals surface area contributed by atoms with Crippen molar-refractivity contribution >= 4 is 11.6 Å². The van der Waals surface area contributed by atoms with Gasteiger partial charge < -0.3 is 19.5 Å². The standard InChI is InChI=1S/C18H20FNO4/c1-4-14(24-15-8-6-5-7-13(15)19)18(21)20-12-9-10-16(22-2)17(11-12)23-3/h5-11,14H,4H2,1-3H3,(H,20,21)/t14-/m1/s1. The van der Waals surface area contributed by atoms with E-state index in [1.807, 2.05) is 0 Å². The van der Waals surface area contributed by atoms with Gasteiger partial charge >= 0.3 is 0 Å². The molecule has 0 aliphatic heterocycles. The minimum absolute atomic E-state index is 0.0480. The second-order valence-electron chi connectivity index (χ2n) is 5.00. The maximum Gasteiger partial charge on any atom is 0.265 e. The first-order valence-electron chi connectivity index (χ1n) is 7.53. The summed E-state index contributed by atoms with van der Waals surface area (Å²) in [6, 6.07) is 11.0. The molecule has 1 atom stereocenters. The fraction of sp³-hybridized carbons (Fsp3) is 0.278. The fourth-order valence-electron chi connectivity index (χ4n) is 2.15. The molecule has 0 fully saturated rings. The number of carbonyl (C=O) groups excluding carboxylic acids is 1. The van der Waals surface area contributed by atoms with E-state index in [1.165, 1.54) is 26.4 Å². The number of rotatable bonds is 7. The molecule has 0 saturated heterocycles. The Balaban J connectivity index is 2.11. The molecular formula is C18H20FNO4. The molecule has 2 aromatic rings. The zero-order valence-corrected chi connectivity index (χ0v) is 13.8. The van der Waals surface area contributed by atoms with Crippen LogP contribution in [0.2, 0.25) is 0 Å². The van der Waals surface area contributed by atoms with Gasteiger partial charge in [0.25, 0.3) is 5.91 Å². The summed E-state index contributed by atoms with van der Waals surface area (Å²) in [6.45, 7) is 1.79. The Morgan fingerprint density at radius 2 is 1.79 bits per heavy atom. The molecule has 0 radical (unpaired) electrons. The summed E-state index contributed by atoms with van der Waals surface area (Å²) in [5.74, 6) is 0.234. The maximum absolute atomic E-state index is 13.7. The van der Waals surface area contributed by atoms with Crippen LogP contribution in [-0.2, 0) is 4.79 Å². The van der Waals surface area contributed by atoms with Gasteiger partial charge in [0.2, 0.25) is 0 Å². The Kier molecular flexibility index (Phi) is 6.01. The Labute approximate surface area is 140 Å². The van der Waals surface area contributed by atoms with Gasteiger partial charge in [0.05, 0.1) is 14.2 Å². The minimum atomic E-state index is -0.810. The molecule has 128 valence electrons. The molecule has 0 spiro atoms. The molecule has 1 N–H and O–H groups in total. The number of para-hydroxylation sites is 1. The van der Waals surface area contributed by atoms with Crippen LogP contribution in [0, 0.1) is 5.82 Å². The van der Waals surface area contributed by atoms with Crippen molar-refractivity contribution in [2.75, 3.05) is 19.5 Å². The normalized spacial score (nSPS) is 11.5. The van der Waals surface area contributed by atoms with Crippen LogP contribution in [0.25, 0.3) is 0 Å². The van der Waals surface area contributed by atoms with E-state index >= 15 is 0 Å². The summed E-state index contributed by atoms with van der Waals surface area (Å²) < 4.78 is 29.5. The van der Waals surface area contributed by atoms with Gasteiger partial charge in [-0.05, 0) is 30.7 Å². The fourth-order valence-corrected chi connectivity index (χ4v) is 2.15. The summed E-state index contributed by atoms with van der Waals surface area (Å²) in [5.41, 5.74) is 0.535. The van der Waals surface area contributed by atoms with E-state index in [4.69, 9.17) is 14.2 Å². The van der Waals surface area contributed by atoms with Crippen molar-refractivity contribution in [1.82, 2.24) is 0 Å². The van der Waals surface area contributed by atoms with Crippen LogP contribution in [0.1, 0.15) is 13.3 Å². The maximum atomic E-state index is 13.7. The number of hydrogen-bond donors (Lipinski definition) is 1. The first-order chi connectivity index (χ1) is 11.6. The van der Waals surface area contributed by atoms with E-state index < -0.39 is 11.9 Å². The van der Waals surface area contributed by atoms with Gasteiger partial charge in [-0.2, -0.15) is 0 Å². The quantitative estimate of drug-likeness (QED) is 0.840. The van der Waals surface area contributed by atoms with Crippen molar-refractivity contribution in [2.45, 2.75) is 19.4 Å². The zero-order chi connectivity index (χ0) is 17.5. The van der Waals surface area contributed by atoms with Gasteiger partial charge in [-0.25, -0.2) is 4.39 Å². The molecule has 0 aliphatic carbocycles. The van der Waals surface area contributed by atoms with E-state index in [1.54, 1.807) is 37.3 Å². The molecule has 5 nitrogen and oxygen atoms in total. The molecule has 0 aliphatic rings. The molecule has 0 saturated carbocycles. The van der Waals surface area contributed by atoms with Crippen LogP contribution < -0.4 is 19.5 Å². The van der Waals surface area contributed by atoms with E-state index in [2.05, 4.69) is 5.32 Å². The number of methoxy groups -OCH3 is 2. The molecular weight excluding hydrogens is 313 g/mol. The van der Waals surface area contributed by atoms with E-state index in [0.717, 1.165) is 0 Å². The highest BCUT2D eigenvalue weighted by Gasteiger charge is 2.20. The molecule has 2 rings (SSSR count). The number of hydrogen-bond acceptors (Lipinski definition) is 4. The van der Waals surface area contributed by atoms with Gasteiger partial charge in [0, 0.05) is 11.8 Å². The van der Waals surface area contributed by atoms with Crippen molar-refractivity contribution in [3.8, 4) is 17.2 Å². The first-order valence-corrected chi connectivity index (χ1v) is 7.53. The van der Waals surface area contributed by atoms with Crippen molar-refractivity contribution in [3.05, 3.63) is 48.3 Å². The largest absolute Gasteiger partial charge is 0.493 e. The summed E-state index contributed by atoms with van der Waals surface area (Å²) in [6.07, 6.45) is -0.414. The highest BCUT2D eigenvalue weighted by atomic mass is 19.1. The van der Waals surface area contributed by atoms with Crippen LogP contribution in [0.15, 0.2) is 42.5 Å². The lowest BCUT2D eigenvalue weighted by molar-refractivity contribution is -0.122. The number of ether oxygens (including phenoxy) is 3. The Bertz CT molecular complexity index is 705. The molecule has 0 aromatic heterocycles. The lowest BCUT2D eigenvalue weighted by Crippen LogP contribution is -2.32. The van der Waals surface area contributed by atoms with Crippen LogP contribution in [-0.4, -0.2) is 26.2 Å². The average Bonchev–Trinajstić information content (AvgIpc) is 2.60. The Morgan fingerprint density at radius 1 is 1.08 bits per heavy atom. The van der Waals surface area contributed by atoms with E-state index in [9.17, 15) is 9.18 Å². The number of benzene rings is 2. The highest BCUT2D eigenvalue weighted by Crippen LogP contribution is 2.30. The molecule has 0 bridgehead atoms. The van der Waals surface area contributed by atoms with E-state index in [-0.39, 0.29) is 11.7 Å². The summed E-state index contributed by atoms with van der Waals surface area (Å²) in [4.78, 5) is 12.4. The van der Waals surface area contributed by atoms with Crippen LogP contribution in [0.5, 0.6) is 17.2 Å². The highest BCUT2D eigenvalue weighted by molar-refractivity contribution is 5.94. The average molecular weight is 333 g/mol. The third-order valence-electron chi connectivity index (χ3n) is 3.42. The monoisotopic (exact) mass is 333 g/mol. The first kappa shape index (κ1) is 17.6. The van der Waals surface area contributed by atoms with Gasteiger partial charge in [0.1, 0.15) is 0 Å². The predicted octanol–water partition coefficient (Wildman–Crippen LogP) is 3.64. The smallest absolute Gasteiger partial charge is 0.265 e. The zero-order valence-electron chi connectivity index (χ0n) is 13.8. The Morgan fingerprint density at radius 3 is 2.42 bits per heavy atom. The SMILES string of the molecule is CC[C@@H](Oc1ccccc1F)C(=O)Nc1ccc(OC)c(OC)c1. The summed E-state index contributed by atoms with van der Waals surface area (Å²) in [5, 5.41) is 2.74. The molecule has 0 heterocycles.